The molecule has 1 heterocycles. The van der Waals surface area contributed by atoms with Gasteiger partial charge < -0.3 is 19.8 Å². The summed E-state index contributed by atoms with van der Waals surface area (Å²) in [6.07, 6.45) is 2.47. The predicted molar refractivity (Wildman–Crippen MR) is 151 cm³/mol. The molecule has 2 aromatic rings. The summed E-state index contributed by atoms with van der Waals surface area (Å²) < 4.78 is 51.0. The molecule has 9 heteroatoms. The Morgan fingerprint density at radius 2 is 1.71 bits per heavy atom. The van der Waals surface area contributed by atoms with Crippen molar-refractivity contribution < 1.29 is 27.8 Å². The Morgan fingerprint density at radius 1 is 1.05 bits per heavy atom. The fraction of sp³-hybridized carbons (Fsp3) is 0.552. The van der Waals surface area contributed by atoms with E-state index in [0.29, 0.717) is 12.1 Å². The number of aryl methyl sites for hydroxylation is 1. The van der Waals surface area contributed by atoms with Crippen LogP contribution in [-0.2, 0) is 27.6 Å². The van der Waals surface area contributed by atoms with Crippen molar-refractivity contribution in [1.29, 1.82) is 0 Å². The van der Waals surface area contributed by atoms with E-state index in [1.54, 1.807) is 32.0 Å². The number of rotatable bonds is 13. The molecule has 0 amide bonds. The largest absolute Gasteiger partial charge is 0.473 e. The molecule has 0 spiro atoms. The molecular weight excluding hydrogens is 507 g/mol. The van der Waals surface area contributed by atoms with Crippen molar-refractivity contribution in [1.82, 2.24) is 4.90 Å². The first kappa shape index (κ1) is 31.9. The van der Waals surface area contributed by atoms with Gasteiger partial charge in [-0.3, -0.25) is 0 Å². The number of aliphatic hydroxyl groups is 2. The summed E-state index contributed by atoms with van der Waals surface area (Å²) in [5.74, 6) is -0.814. The van der Waals surface area contributed by atoms with Gasteiger partial charge in [0, 0.05) is 19.6 Å². The molecule has 212 valence electrons. The van der Waals surface area contributed by atoms with Gasteiger partial charge in [0.05, 0.1) is 6.61 Å². The fourth-order valence-corrected chi connectivity index (χ4v) is 6.51. The minimum absolute atomic E-state index is 0. The number of benzene rings is 2. The Kier molecular flexibility index (Phi) is 11.9. The highest BCUT2D eigenvalue weighted by molar-refractivity contribution is 7.91. The van der Waals surface area contributed by atoms with E-state index in [4.69, 9.17) is 9.84 Å². The summed E-state index contributed by atoms with van der Waals surface area (Å²) >= 11 is 0. The average Bonchev–Trinajstić information content (AvgIpc) is 2.82. The zero-order chi connectivity index (χ0) is 27.1. The summed E-state index contributed by atoms with van der Waals surface area (Å²) in [5, 5.41) is 17.6. The Morgan fingerprint density at radius 3 is 2.32 bits per heavy atom. The maximum atomic E-state index is 14.4. The fourth-order valence-electron chi connectivity index (χ4n) is 4.81. The van der Waals surface area contributed by atoms with E-state index in [1.165, 1.54) is 11.6 Å². The molecule has 2 aromatic carbocycles. The van der Waals surface area contributed by atoms with Crippen LogP contribution in [0.2, 0.25) is 0 Å². The minimum Gasteiger partial charge on any atom is -0.473 e. The van der Waals surface area contributed by atoms with E-state index < -0.39 is 32.6 Å². The van der Waals surface area contributed by atoms with Gasteiger partial charge in [0.1, 0.15) is 16.7 Å². The predicted octanol–water partition coefficient (Wildman–Crippen LogP) is 4.32. The molecule has 0 aliphatic carbocycles. The molecule has 0 saturated heterocycles. The summed E-state index contributed by atoms with van der Waals surface area (Å²) in [4.78, 5) is 2.08. The Labute approximate surface area is 227 Å². The molecule has 3 rings (SSSR count). The van der Waals surface area contributed by atoms with Crippen molar-refractivity contribution in [3.8, 4) is 0 Å². The highest BCUT2D eigenvalue weighted by Crippen LogP contribution is 2.34. The van der Waals surface area contributed by atoms with Gasteiger partial charge in [-0.25, -0.2) is 12.8 Å². The highest BCUT2D eigenvalue weighted by atomic mass is 32.2. The summed E-state index contributed by atoms with van der Waals surface area (Å²) in [6.45, 7) is 5.01. The molecule has 0 fully saturated rings. The highest BCUT2D eigenvalue weighted by Gasteiger charge is 2.46. The quantitative estimate of drug-likeness (QED) is 0.385. The third-order valence-electron chi connectivity index (χ3n) is 6.92. The van der Waals surface area contributed by atoms with Crippen LogP contribution in [0.4, 0.5) is 4.39 Å². The molecule has 7 nitrogen and oxygen atoms in total. The van der Waals surface area contributed by atoms with Crippen molar-refractivity contribution in [3.63, 3.8) is 0 Å². The molecule has 1 unspecified atom stereocenters. The van der Waals surface area contributed by atoms with Gasteiger partial charge in [0.25, 0.3) is 10.0 Å². The van der Waals surface area contributed by atoms with Gasteiger partial charge in [0.2, 0.25) is 5.90 Å². The second-order valence-electron chi connectivity index (χ2n) is 10.3. The lowest BCUT2D eigenvalue weighted by Crippen LogP contribution is -2.50. The average molecular weight is 551 g/mol. The number of sulfonamides is 1. The topological polar surface area (TPSA) is 99.4 Å². The Hall–Kier alpha value is -2.33. The van der Waals surface area contributed by atoms with Crippen LogP contribution in [-0.4, -0.2) is 73.6 Å². The van der Waals surface area contributed by atoms with Gasteiger partial charge >= 0.3 is 0 Å². The van der Waals surface area contributed by atoms with Crippen LogP contribution in [0.5, 0.6) is 0 Å². The molecular formula is C29H43FN2O5S. The van der Waals surface area contributed by atoms with Crippen molar-refractivity contribution in [2.45, 2.75) is 70.1 Å². The van der Waals surface area contributed by atoms with Crippen LogP contribution in [0.3, 0.4) is 0 Å². The summed E-state index contributed by atoms with van der Waals surface area (Å²) in [7, 11) is -1.91. The van der Waals surface area contributed by atoms with Crippen molar-refractivity contribution >= 4 is 15.9 Å². The Bertz CT molecular complexity index is 1150. The molecule has 2 N–H and O–H groups in total. The molecule has 1 aliphatic rings. The summed E-state index contributed by atoms with van der Waals surface area (Å²) in [6, 6.07) is 14.2. The monoisotopic (exact) mass is 550 g/mol. The van der Waals surface area contributed by atoms with Crippen LogP contribution in [0.25, 0.3) is 0 Å². The van der Waals surface area contributed by atoms with Crippen LogP contribution < -0.4 is 0 Å². The van der Waals surface area contributed by atoms with E-state index in [9.17, 15) is 17.9 Å². The summed E-state index contributed by atoms with van der Waals surface area (Å²) in [5.41, 5.74) is 1.42. The first-order valence-corrected chi connectivity index (χ1v) is 14.3. The number of hydrogen-bond donors (Lipinski definition) is 2. The SMILES string of the molecule is C.CN(CCO)CCCc1ccc(CC2C(C)(C)OC(C[C@@H](CCO)c3ccccc3F)=NS2(=O)=O)cc1. The minimum atomic E-state index is -3.89. The smallest absolute Gasteiger partial charge is 0.263 e. The molecule has 0 bridgehead atoms. The van der Waals surface area contributed by atoms with Crippen LogP contribution in [0.15, 0.2) is 52.9 Å². The third-order valence-corrected chi connectivity index (χ3v) is 8.83. The number of hydrogen-bond acceptors (Lipinski definition) is 6. The van der Waals surface area contributed by atoms with Crippen LogP contribution in [0, 0.1) is 5.82 Å². The zero-order valence-corrected chi connectivity index (χ0v) is 22.8. The molecule has 2 atom stereocenters. The second kappa shape index (κ2) is 14.2. The standard InChI is InChI=1S/C28H39FN2O5S.CH4/c1-28(2)26(19-22-12-10-21(11-13-22)7-6-15-31(3)16-18-33)37(34,35)30-27(36-28)20-23(14-17-32)24-8-4-5-9-25(24)29;/h4-5,8-13,23,26,32-33H,6-7,14-20H2,1-3H3;1H4/t23-,26?;/m1./s1. The lowest BCUT2D eigenvalue weighted by atomic mass is 9.91. The number of likely N-dealkylation sites (N-methyl/N-ethyl adjacent to an activating group) is 1. The second-order valence-corrected chi connectivity index (χ2v) is 12.1. The number of aliphatic hydroxyl groups excluding tert-OH is 2. The van der Waals surface area contributed by atoms with Gasteiger partial charge in [0.15, 0.2) is 0 Å². The van der Waals surface area contributed by atoms with Crippen molar-refractivity contribution in [2.75, 3.05) is 33.4 Å². The van der Waals surface area contributed by atoms with Crippen molar-refractivity contribution in [2.24, 2.45) is 4.40 Å². The number of halogens is 1. The van der Waals surface area contributed by atoms with E-state index in [1.807, 2.05) is 31.3 Å². The third kappa shape index (κ3) is 8.59. The van der Waals surface area contributed by atoms with E-state index >= 15 is 0 Å². The first-order chi connectivity index (χ1) is 17.6. The molecule has 0 aromatic heterocycles. The van der Waals surface area contributed by atoms with Gasteiger partial charge in [-0.05, 0) is 81.8 Å². The van der Waals surface area contributed by atoms with E-state index in [-0.39, 0.29) is 45.8 Å². The molecule has 0 saturated carbocycles. The Balaban J connectivity index is 0.00000507. The molecule has 0 radical (unpaired) electrons. The number of ether oxygens (including phenoxy) is 1. The molecule has 38 heavy (non-hydrogen) atoms. The van der Waals surface area contributed by atoms with Gasteiger partial charge in [-0.1, -0.05) is 49.9 Å². The van der Waals surface area contributed by atoms with Crippen LogP contribution in [0.1, 0.15) is 63.1 Å². The van der Waals surface area contributed by atoms with Gasteiger partial charge in [-0.2, -0.15) is 0 Å². The van der Waals surface area contributed by atoms with E-state index in [0.717, 1.165) is 24.9 Å². The van der Waals surface area contributed by atoms with Crippen LogP contribution >= 0.6 is 0 Å². The normalized spacial score (nSPS) is 18.8. The lowest BCUT2D eigenvalue weighted by molar-refractivity contribution is 0.0797. The van der Waals surface area contributed by atoms with Crippen molar-refractivity contribution in [3.05, 3.63) is 71.0 Å². The van der Waals surface area contributed by atoms with Gasteiger partial charge in [-0.15, -0.1) is 4.40 Å². The van der Waals surface area contributed by atoms with E-state index in [2.05, 4.69) is 9.30 Å². The molecule has 1 aliphatic heterocycles. The zero-order valence-electron chi connectivity index (χ0n) is 21.9. The number of nitrogens with zero attached hydrogens (tertiary/aromatic N) is 2. The maximum Gasteiger partial charge on any atom is 0.263 e. The lowest BCUT2D eigenvalue weighted by Gasteiger charge is -2.38. The first-order valence-electron chi connectivity index (χ1n) is 12.8. The maximum absolute atomic E-state index is 14.4.